The molecule has 1 heterocycles. The third-order valence-corrected chi connectivity index (χ3v) is 3.25. The summed E-state index contributed by atoms with van der Waals surface area (Å²) in [5, 5.41) is 7.75. The van der Waals surface area contributed by atoms with Gasteiger partial charge in [0.1, 0.15) is 5.82 Å². The molecule has 18 heavy (non-hydrogen) atoms. The molecule has 2 aromatic rings. The summed E-state index contributed by atoms with van der Waals surface area (Å²) in [6.07, 6.45) is 1.95. The first-order chi connectivity index (χ1) is 8.66. The minimum absolute atomic E-state index is 0.508. The first-order valence-corrected chi connectivity index (χ1v) is 6.45. The highest BCUT2D eigenvalue weighted by atomic mass is 15.3. The molecule has 1 aromatic heterocycles. The Morgan fingerprint density at radius 2 is 1.89 bits per heavy atom. The maximum Gasteiger partial charge on any atom is 0.147 e. The van der Waals surface area contributed by atoms with E-state index in [0.29, 0.717) is 11.8 Å². The third kappa shape index (κ3) is 3.13. The fraction of sp³-hybridized carbons (Fsp3) is 0.400. The lowest BCUT2D eigenvalue weighted by Gasteiger charge is -2.21. The van der Waals surface area contributed by atoms with Crippen LogP contribution >= 0.6 is 0 Å². The van der Waals surface area contributed by atoms with Crippen LogP contribution in [0.3, 0.4) is 0 Å². The van der Waals surface area contributed by atoms with Crippen LogP contribution < -0.4 is 5.32 Å². The van der Waals surface area contributed by atoms with Crippen LogP contribution in [0.15, 0.2) is 42.6 Å². The van der Waals surface area contributed by atoms with Crippen molar-refractivity contribution >= 4 is 5.82 Å². The van der Waals surface area contributed by atoms with Gasteiger partial charge >= 0.3 is 0 Å². The summed E-state index contributed by atoms with van der Waals surface area (Å²) >= 11 is 0. The number of nitrogens with zero attached hydrogens (tertiary/aromatic N) is 2. The van der Waals surface area contributed by atoms with Gasteiger partial charge in [-0.1, -0.05) is 44.2 Å². The molecule has 1 unspecified atom stereocenters. The Balaban J connectivity index is 2.03. The van der Waals surface area contributed by atoms with Gasteiger partial charge in [0, 0.05) is 31.8 Å². The van der Waals surface area contributed by atoms with Crippen molar-refractivity contribution in [3.63, 3.8) is 0 Å². The van der Waals surface area contributed by atoms with Crippen molar-refractivity contribution < 1.29 is 0 Å². The number of hydrogen-bond donors (Lipinski definition) is 1. The number of aromatic nitrogens is 2. The lowest BCUT2D eigenvalue weighted by Crippen LogP contribution is -2.18. The molecule has 0 spiro atoms. The lowest BCUT2D eigenvalue weighted by molar-refractivity contribution is 0.516. The summed E-state index contributed by atoms with van der Waals surface area (Å²) in [5.74, 6) is 2.05. The SMILES string of the molecule is CC(C)C(CNc1ccn(C)n1)c1ccccc1. The summed E-state index contributed by atoms with van der Waals surface area (Å²) in [6.45, 7) is 5.44. The van der Waals surface area contributed by atoms with Crippen molar-refractivity contribution in [2.45, 2.75) is 19.8 Å². The Kier molecular flexibility index (Phi) is 4.03. The molecule has 1 N–H and O–H groups in total. The van der Waals surface area contributed by atoms with Crippen LogP contribution in [0.5, 0.6) is 0 Å². The molecular weight excluding hydrogens is 222 g/mol. The zero-order chi connectivity index (χ0) is 13.0. The molecule has 3 nitrogen and oxygen atoms in total. The molecule has 0 radical (unpaired) electrons. The molecular formula is C15H21N3. The van der Waals surface area contributed by atoms with Crippen molar-refractivity contribution in [1.29, 1.82) is 0 Å². The Bertz CT molecular complexity index is 473. The monoisotopic (exact) mass is 243 g/mol. The van der Waals surface area contributed by atoms with E-state index in [2.05, 4.69) is 54.6 Å². The summed E-state index contributed by atoms with van der Waals surface area (Å²) in [4.78, 5) is 0. The van der Waals surface area contributed by atoms with Crippen molar-refractivity contribution in [2.75, 3.05) is 11.9 Å². The van der Waals surface area contributed by atoms with Crippen molar-refractivity contribution in [2.24, 2.45) is 13.0 Å². The molecule has 1 atom stereocenters. The fourth-order valence-electron chi connectivity index (χ4n) is 2.16. The van der Waals surface area contributed by atoms with E-state index in [1.807, 2.05) is 24.0 Å². The second kappa shape index (κ2) is 5.71. The number of anilines is 1. The van der Waals surface area contributed by atoms with Crippen LogP contribution in [0.25, 0.3) is 0 Å². The van der Waals surface area contributed by atoms with E-state index in [0.717, 1.165) is 12.4 Å². The van der Waals surface area contributed by atoms with Crippen LogP contribution in [0.1, 0.15) is 25.3 Å². The summed E-state index contributed by atoms with van der Waals surface area (Å²) in [6, 6.07) is 12.7. The highest BCUT2D eigenvalue weighted by molar-refractivity contribution is 5.33. The van der Waals surface area contributed by atoms with Crippen LogP contribution in [0, 0.1) is 5.92 Å². The Morgan fingerprint density at radius 1 is 1.17 bits per heavy atom. The number of rotatable bonds is 5. The molecule has 2 rings (SSSR count). The topological polar surface area (TPSA) is 29.9 Å². The maximum atomic E-state index is 4.34. The first kappa shape index (κ1) is 12.7. The third-order valence-electron chi connectivity index (χ3n) is 3.25. The van der Waals surface area contributed by atoms with E-state index >= 15 is 0 Å². The molecule has 0 aliphatic rings. The van der Waals surface area contributed by atoms with E-state index < -0.39 is 0 Å². The maximum absolute atomic E-state index is 4.34. The zero-order valence-electron chi connectivity index (χ0n) is 11.3. The van der Waals surface area contributed by atoms with Crippen molar-refractivity contribution in [1.82, 2.24) is 9.78 Å². The van der Waals surface area contributed by atoms with Gasteiger partial charge in [-0.3, -0.25) is 4.68 Å². The quantitative estimate of drug-likeness (QED) is 0.873. The number of hydrogen-bond acceptors (Lipinski definition) is 2. The van der Waals surface area contributed by atoms with Crippen LogP contribution in [-0.4, -0.2) is 16.3 Å². The molecule has 96 valence electrons. The molecule has 0 fully saturated rings. The average Bonchev–Trinajstić information content (AvgIpc) is 2.76. The van der Waals surface area contributed by atoms with Gasteiger partial charge < -0.3 is 5.32 Å². The average molecular weight is 243 g/mol. The lowest BCUT2D eigenvalue weighted by atomic mass is 9.88. The number of aryl methyl sites for hydroxylation is 1. The van der Waals surface area contributed by atoms with E-state index in [-0.39, 0.29) is 0 Å². The molecule has 0 bridgehead atoms. The second-order valence-corrected chi connectivity index (χ2v) is 5.02. The number of benzene rings is 1. The molecule has 1 aromatic carbocycles. The molecule has 0 saturated heterocycles. The standard InChI is InChI=1S/C15H21N3/c1-12(2)14(13-7-5-4-6-8-13)11-16-15-9-10-18(3)17-15/h4-10,12,14H,11H2,1-3H3,(H,16,17). The minimum atomic E-state index is 0.508. The Labute approximate surface area is 109 Å². The van der Waals surface area contributed by atoms with Crippen molar-refractivity contribution in [3.8, 4) is 0 Å². The summed E-state index contributed by atoms with van der Waals surface area (Å²) < 4.78 is 1.81. The highest BCUT2D eigenvalue weighted by Crippen LogP contribution is 2.24. The molecule has 0 amide bonds. The summed E-state index contributed by atoms with van der Waals surface area (Å²) in [5.41, 5.74) is 1.39. The second-order valence-electron chi connectivity index (χ2n) is 5.02. The van der Waals surface area contributed by atoms with Crippen LogP contribution in [-0.2, 0) is 7.05 Å². The smallest absolute Gasteiger partial charge is 0.147 e. The van der Waals surface area contributed by atoms with Gasteiger partial charge in [0.2, 0.25) is 0 Å². The molecule has 0 aliphatic carbocycles. The zero-order valence-corrected chi connectivity index (χ0v) is 11.3. The first-order valence-electron chi connectivity index (χ1n) is 6.45. The van der Waals surface area contributed by atoms with E-state index in [1.165, 1.54) is 5.56 Å². The van der Waals surface area contributed by atoms with E-state index in [4.69, 9.17) is 0 Å². The van der Waals surface area contributed by atoms with Gasteiger partial charge in [0.05, 0.1) is 0 Å². The van der Waals surface area contributed by atoms with Gasteiger partial charge in [0.25, 0.3) is 0 Å². The minimum Gasteiger partial charge on any atom is -0.368 e. The largest absolute Gasteiger partial charge is 0.368 e. The van der Waals surface area contributed by atoms with E-state index in [9.17, 15) is 0 Å². The normalized spacial score (nSPS) is 12.7. The van der Waals surface area contributed by atoms with Crippen LogP contribution in [0.2, 0.25) is 0 Å². The predicted octanol–water partition coefficient (Wildman–Crippen LogP) is 3.27. The molecule has 3 heteroatoms. The fourth-order valence-corrected chi connectivity index (χ4v) is 2.16. The Morgan fingerprint density at radius 3 is 2.44 bits per heavy atom. The van der Waals surface area contributed by atoms with Gasteiger partial charge in [-0.05, 0) is 11.5 Å². The summed E-state index contributed by atoms with van der Waals surface area (Å²) in [7, 11) is 1.93. The van der Waals surface area contributed by atoms with Gasteiger partial charge in [-0.2, -0.15) is 5.10 Å². The Hall–Kier alpha value is -1.77. The molecule has 0 saturated carbocycles. The number of nitrogens with one attached hydrogen (secondary N) is 1. The van der Waals surface area contributed by atoms with Gasteiger partial charge in [-0.25, -0.2) is 0 Å². The van der Waals surface area contributed by atoms with Crippen molar-refractivity contribution in [3.05, 3.63) is 48.2 Å². The highest BCUT2D eigenvalue weighted by Gasteiger charge is 2.15. The predicted molar refractivity (Wildman–Crippen MR) is 75.7 cm³/mol. The van der Waals surface area contributed by atoms with Gasteiger partial charge in [-0.15, -0.1) is 0 Å². The van der Waals surface area contributed by atoms with Gasteiger partial charge in [0.15, 0.2) is 0 Å². The molecule has 0 aliphatic heterocycles. The van der Waals surface area contributed by atoms with E-state index in [1.54, 1.807) is 0 Å². The van der Waals surface area contributed by atoms with Crippen LogP contribution in [0.4, 0.5) is 5.82 Å².